The summed E-state index contributed by atoms with van der Waals surface area (Å²) in [7, 11) is 9.96. The van der Waals surface area contributed by atoms with Crippen LogP contribution in [-0.2, 0) is 0 Å². The van der Waals surface area contributed by atoms with Crippen LogP contribution in [0.4, 0.5) is 11.4 Å². The third-order valence-corrected chi connectivity index (χ3v) is 4.93. The predicted octanol–water partition coefficient (Wildman–Crippen LogP) is 5.01. The van der Waals surface area contributed by atoms with Gasteiger partial charge in [0.05, 0.1) is 7.11 Å². The monoisotopic (exact) mass is 360 g/mol. The van der Waals surface area contributed by atoms with Gasteiger partial charge in [-0.25, -0.2) is 0 Å². The first-order valence-electron chi connectivity index (χ1n) is 9.18. The summed E-state index contributed by atoms with van der Waals surface area (Å²) in [5, 5.41) is 0. The number of hydrogen-bond donors (Lipinski definition) is 0. The Kier molecular flexibility index (Phi) is 5.70. The number of nitrogens with zero attached hydrogens (tertiary/aromatic N) is 2. The zero-order valence-corrected chi connectivity index (χ0v) is 16.8. The van der Waals surface area contributed by atoms with Gasteiger partial charge in [-0.05, 0) is 53.1 Å². The second-order valence-electron chi connectivity index (χ2n) is 7.18. The minimum absolute atomic E-state index is 0.184. The van der Waals surface area contributed by atoms with Crippen LogP contribution < -0.4 is 14.5 Å². The molecule has 27 heavy (non-hydrogen) atoms. The SMILES string of the molecule is COc1ccc(C(c2ccc(N(C)C)cc2)c2ccc(N(C)C)cc2)cc1. The highest BCUT2D eigenvalue weighted by molar-refractivity contribution is 5.53. The Labute approximate surface area is 162 Å². The van der Waals surface area contributed by atoms with Crippen molar-refractivity contribution in [2.75, 3.05) is 45.1 Å². The fourth-order valence-corrected chi connectivity index (χ4v) is 3.30. The van der Waals surface area contributed by atoms with Gasteiger partial charge in [0, 0.05) is 45.5 Å². The van der Waals surface area contributed by atoms with Gasteiger partial charge >= 0.3 is 0 Å². The predicted molar refractivity (Wildman–Crippen MR) is 115 cm³/mol. The van der Waals surface area contributed by atoms with E-state index >= 15 is 0 Å². The molecule has 3 aromatic carbocycles. The number of ether oxygens (including phenoxy) is 1. The summed E-state index contributed by atoms with van der Waals surface area (Å²) < 4.78 is 5.33. The van der Waals surface area contributed by atoms with Crippen molar-refractivity contribution in [1.82, 2.24) is 0 Å². The van der Waals surface area contributed by atoms with Crippen LogP contribution in [0.2, 0.25) is 0 Å². The number of rotatable bonds is 6. The average Bonchev–Trinajstić information content (AvgIpc) is 2.69. The van der Waals surface area contributed by atoms with Crippen molar-refractivity contribution < 1.29 is 4.74 Å². The molecule has 0 fully saturated rings. The van der Waals surface area contributed by atoms with Crippen molar-refractivity contribution in [2.24, 2.45) is 0 Å². The van der Waals surface area contributed by atoms with Crippen LogP contribution in [0.15, 0.2) is 72.8 Å². The van der Waals surface area contributed by atoms with Gasteiger partial charge < -0.3 is 14.5 Å². The molecule has 0 aliphatic heterocycles. The second-order valence-corrected chi connectivity index (χ2v) is 7.18. The first kappa shape index (κ1) is 18.8. The third kappa shape index (κ3) is 4.25. The van der Waals surface area contributed by atoms with Crippen LogP contribution in [0.25, 0.3) is 0 Å². The Morgan fingerprint density at radius 3 is 1.19 bits per heavy atom. The lowest BCUT2D eigenvalue weighted by atomic mass is 9.85. The molecule has 140 valence electrons. The lowest BCUT2D eigenvalue weighted by molar-refractivity contribution is 0.414. The molecule has 0 aliphatic carbocycles. The molecule has 3 rings (SSSR count). The van der Waals surface area contributed by atoms with Crippen LogP contribution in [0.1, 0.15) is 22.6 Å². The van der Waals surface area contributed by atoms with Crippen molar-refractivity contribution in [3.8, 4) is 5.75 Å². The van der Waals surface area contributed by atoms with E-state index < -0.39 is 0 Å². The fraction of sp³-hybridized carbons (Fsp3) is 0.250. The maximum absolute atomic E-state index is 5.33. The summed E-state index contributed by atoms with van der Waals surface area (Å²) in [5.74, 6) is 1.06. The molecular formula is C24H28N2O. The number of methoxy groups -OCH3 is 1. The van der Waals surface area contributed by atoms with Crippen LogP contribution in [0.3, 0.4) is 0 Å². The van der Waals surface area contributed by atoms with Gasteiger partial charge in [0.1, 0.15) is 5.75 Å². The van der Waals surface area contributed by atoms with E-state index in [4.69, 9.17) is 4.74 Å². The van der Waals surface area contributed by atoms with E-state index in [1.54, 1.807) is 7.11 Å². The van der Waals surface area contributed by atoms with E-state index in [-0.39, 0.29) is 5.92 Å². The highest BCUT2D eigenvalue weighted by atomic mass is 16.5. The summed E-state index contributed by atoms with van der Waals surface area (Å²) in [6, 6.07) is 26.0. The molecular weight excluding hydrogens is 332 g/mol. The van der Waals surface area contributed by atoms with Crippen molar-refractivity contribution >= 4 is 11.4 Å². The molecule has 0 amide bonds. The van der Waals surface area contributed by atoms with E-state index in [1.165, 1.54) is 28.1 Å². The van der Waals surface area contributed by atoms with Crippen molar-refractivity contribution in [3.05, 3.63) is 89.5 Å². The molecule has 0 aromatic heterocycles. The number of benzene rings is 3. The van der Waals surface area contributed by atoms with Crippen molar-refractivity contribution in [3.63, 3.8) is 0 Å². The summed E-state index contributed by atoms with van der Waals surface area (Å²) in [4.78, 5) is 4.25. The average molecular weight is 361 g/mol. The van der Waals surface area contributed by atoms with Gasteiger partial charge in [-0.15, -0.1) is 0 Å². The zero-order valence-electron chi connectivity index (χ0n) is 16.8. The highest BCUT2D eigenvalue weighted by Gasteiger charge is 2.17. The molecule has 0 saturated heterocycles. The molecule has 3 heteroatoms. The Bertz CT molecular complexity index is 799. The second kappa shape index (κ2) is 8.17. The molecule has 0 aliphatic rings. The summed E-state index contributed by atoms with van der Waals surface area (Å²) in [6.07, 6.45) is 0. The normalized spacial score (nSPS) is 10.7. The number of hydrogen-bond acceptors (Lipinski definition) is 3. The zero-order chi connectivity index (χ0) is 19.4. The third-order valence-electron chi connectivity index (χ3n) is 4.93. The molecule has 0 bridgehead atoms. The molecule has 0 atom stereocenters. The Morgan fingerprint density at radius 1 is 0.556 bits per heavy atom. The summed E-state index contributed by atoms with van der Waals surface area (Å²) in [5.41, 5.74) is 6.23. The Hall–Kier alpha value is -2.94. The van der Waals surface area contributed by atoms with E-state index in [0.717, 1.165) is 5.75 Å². The first-order valence-corrected chi connectivity index (χ1v) is 9.18. The van der Waals surface area contributed by atoms with Gasteiger partial charge in [-0.1, -0.05) is 36.4 Å². The summed E-state index contributed by atoms with van der Waals surface area (Å²) in [6.45, 7) is 0. The highest BCUT2D eigenvalue weighted by Crippen LogP contribution is 2.34. The molecule has 0 radical (unpaired) electrons. The molecule has 0 N–H and O–H groups in total. The molecule has 0 saturated carbocycles. The smallest absolute Gasteiger partial charge is 0.118 e. The lowest BCUT2D eigenvalue weighted by Crippen LogP contribution is -2.10. The van der Waals surface area contributed by atoms with Gasteiger partial charge in [-0.3, -0.25) is 0 Å². The van der Waals surface area contributed by atoms with Crippen LogP contribution >= 0.6 is 0 Å². The van der Waals surface area contributed by atoms with Crippen LogP contribution in [0.5, 0.6) is 5.75 Å². The topological polar surface area (TPSA) is 15.7 Å². The molecule has 0 spiro atoms. The standard InChI is InChI=1S/C24H28N2O/c1-25(2)21-12-6-18(7-13-21)24(20-10-16-23(27-5)17-11-20)19-8-14-22(15-9-19)26(3)4/h6-17,24H,1-5H3. The number of anilines is 2. The lowest BCUT2D eigenvalue weighted by Gasteiger charge is -2.22. The molecule has 3 aromatic rings. The Balaban J connectivity index is 2.04. The van der Waals surface area contributed by atoms with Gasteiger partial charge in [0.25, 0.3) is 0 Å². The van der Waals surface area contributed by atoms with E-state index in [9.17, 15) is 0 Å². The van der Waals surface area contributed by atoms with Gasteiger partial charge in [-0.2, -0.15) is 0 Å². The van der Waals surface area contributed by atoms with Crippen LogP contribution in [-0.4, -0.2) is 35.3 Å². The maximum Gasteiger partial charge on any atom is 0.118 e. The van der Waals surface area contributed by atoms with Crippen molar-refractivity contribution in [1.29, 1.82) is 0 Å². The van der Waals surface area contributed by atoms with Crippen LogP contribution in [0, 0.1) is 0 Å². The molecule has 0 heterocycles. The summed E-state index contributed by atoms with van der Waals surface area (Å²) >= 11 is 0. The molecule has 3 nitrogen and oxygen atoms in total. The largest absolute Gasteiger partial charge is 0.497 e. The maximum atomic E-state index is 5.33. The Morgan fingerprint density at radius 2 is 0.889 bits per heavy atom. The minimum Gasteiger partial charge on any atom is -0.497 e. The van der Waals surface area contributed by atoms with E-state index in [1.807, 2.05) is 12.1 Å². The van der Waals surface area contributed by atoms with E-state index in [0.29, 0.717) is 0 Å². The minimum atomic E-state index is 0.184. The van der Waals surface area contributed by atoms with Gasteiger partial charge in [0.2, 0.25) is 0 Å². The van der Waals surface area contributed by atoms with E-state index in [2.05, 4.69) is 98.7 Å². The quantitative estimate of drug-likeness (QED) is 0.575. The molecule has 0 unspecified atom stereocenters. The fourth-order valence-electron chi connectivity index (χ4n) is 3.30. The first-order chi connectivity index (χ1) is 13.0. The van der Waals surface area contributed by atoms with Gasteiger partial charge in [0.15, 0.2) is 0 Å². The van der Waals surface area contributed by atoms with Crippen molar-refractivity contribution in [2.45, 2.75) is 5.92 Å².